The van der Waals surface area contributed by atoms with Crippen molar-refractivity contribution >= 4 is 27.3 Å². The van der Waals surface area contributed by atoms with E-state index in [9.17, 15) is 4.79 Å². The normalized spacial score (nSPS) is 12.5. The lowest BCUT2D eigenvalue weighted by Gasteiger charge is -2.11. The van der Waals surface area contributed by atoms with Gasteiger partial charge in [-0.3, -0.25) is 4.79 Å². The first-order chi connectivity index (χ1) is 10.1. The minimum Gasteiger partial charge on any atom is -0.491 e. The summed E-state index contributed by atoms with van der Waals surface area (Å²) >= 11 is 1.38. The number of nitrogens with two attached hydrogens (primary N) is 2. The molecule has 21 heavy (non-hydrogen) atoms. The molecule has 0 fully saturated rings. The number of carbonyl (C=O) groups excluding carboxylic acids is 1. The molecule has 0 aliphatic carbocycles. The molecule has 4 N–H and O–H groups in total. The lowest BCUT2D eigenvalue weighted by Crippen LogP contribution is -2.20. The first-order valence-electron chi connectivity index (χ1n) is 7.33. The quantitative estimate of drug-likeness (QED) is 0.735. The highest BCUT2D eigenvalue weighted by Gasteiger charge is 2.17. The molecule has 1 aromatic carbocycles. The maximum Gasteiger partial charge on any atom is 0.262 e. The van der Waals surface area contributed by atoms with Gasteiger partial charge in [-0.2, -0.15) is 0 Å². The van der Waals surface area contributed by atoms with Crippen LogP contribution in [0.5, 0.6) is 5.75 Å². The van der Waals surface area contributed by atoms with Crippen LogP contribution in [0, 0.1) is 0 Å². The van der Waals surface area contributed by atoms with E-state index in [1.165, 1.54) is 11.3 Å². The van der Waals surface area contributed by atoms with Crippen molar-refractivity contribution in [2.75, 3.05) is 6.61 Å². The van der Waals surface area contributed by atoms with Crippen molar-refractivity contribution in [3.8, 4) is 5.75 Å². The van der Waals surface area contributed by atoms with Crippen LogP contribution in [0.3, 0.4) is 0 Å². The Kier molecular flexibility index (Phi) is 5.59. The fourth-order valence-electron chi connectivity index (χ4n) is 2.36. The van der Waals surface area contributed by atoms with Crippen LogP contribution in [0.2, 0.25) is 0 Å². The molecule has 0 saturated heterocycles. The highest BCUT2D eigenvalue weighted by atomic mass is 32.1. The van der Waals surface area contributed by atoms with Crippen LogP contribution in [-0.2, 0) is 0 Å². The number of benzene rings is 1. The van der Waals surface area contributed by atoms with Crippen LogP contribution in [0.15, 0.2) is 24.3 Å². The summed E-state index contributed by atoms with van der Waals surface area (Å²) in [5, 5.41) is 0.953. The van der Waals surface area contributed by atoms with Crippen LogP contribution < -0.4 is 16.2 Å². The first-order valence-corrected chi connectivity index (χ1v) is 8.14. The Bertz CT molecular complexity index is 609. The average Bonchev–Trinajstić information content (AvgIpc) is 2.83. The van der Waals surface area contributed by atoms with Gasteiger partial charge in [-0.05, 0) is 31.4 Å². The number of carbonyl (C=O) groups is 1. The Labute approximate surface area is 129 Å². The summed E-state index contributed by atoms with van der Waals surface area (Å²) in [5.74, 6) is 0.182. The highest BCUT2D eigenvalue weighted by molar-refractivity contribution is 7.21. The molecule has 0 spiro atoms. The zero-order valence-corrected chi connectivity index (χ0v) is 13.1. The van der Waals surface area contributed by atoms with Gasteiger partial charge in [0.2, 0.25) is 0 Å². The maximum atomic E-state index is 11.6. The lowest BCUT2D eigenvalue weighted by molar-refractivity contribution is 0.100. The molecular weight excluding hydrogens is 284 g/mol. The Morgan fingerprint density at radius 2 is 2.10 bits per heavy atom. The zero-order chi connectivity index (χ0) is 15.2. The molecule has 0 aliphatic rings. The number of ether oxygens (including phenoxy) is 1. The number of hydrogen-bond donors (Lipinski definition) is 2. The number of thiophene rings is 1. The SMILES string of the molecule is CCC[C@H](N)CCCOc1c(C(N)=O)sc2ccccc12. The van der Waals surface area contributed by atoms with Crippen LogP contribution in [-0.4, -0.2) is 18.6 Å². The molecule has 2 rings (SSSR count). The second kappa shape index (κ2) is 7.43. The molecule has 0 radical (unpaired) electrons. The number of hydrogen-bond acceptors (Lipinski definition) is 4. The van der Waals surface area contributed by atoms with Crippen molar-refractivity contribution in [2.24, 2.45) is 11.5 Å². The average molecular weight is 306 g/mol. The van der Waals surface area contributed by atoms with Gasteiger partial charge >= 0.3 is 0 Å². The van der Waals surface area contributed by atoms with Crippen LogP contribution in [0.1, 0.15) is 42.3 Å². The van der Waals surface area contributed by atoms with Gasteiger partial charge in [0, 0.05) is 16.1 Å². The van der Waals surface area contributed by atoms with Gasteiger partial charge in [0.25, 0.3) is 5.91 Å². The monoisotopic (exact) mass is 306 g/mol. The summed E-state index contributed by atoms with van der Waals surface area (Å²) in [5.41, 5.74) is 11.4. The molecule has 0 bridgehead atoms. The number of primary amides is 1. The van der Waals surface area contributed by atoms with Crippen molar-refractivity contribution in [2.45, 2.75) is 38.6 Å². The van der Waals surface area contributed by atoms with Crippen molar-refractivity contribution in [3.63, 3.8) is 0 Å². The van der Waals surface area contributed by atoms with E-state index in [0.717, 1.165) is 35.8 Å². The van der Waals surface area contributed by atoms with Crippen LogP contribution in [0.25, 0.3) is 10.1 Å². The molecule has 114 valence electrons. The third-order valence-electron chi connectivity index (χ3n) is 3.40. The Balaban J connectivity index is 2.03. The van der Waals surface area contributed by atoms with Gasteiger partial charge in [0.05, 0.1) is 6.61 Å². The predicted octanol–water partition coefficient (Wildman–Crippen LogP) is 3.29. The van der Waals surface area contributed by atoms with Crippen molar-refractivity contribution in [1.82, 2.24) is 0 Å². The number of fused-ring (bicyclic) bond motifs is 1. The molecule has 1 heterocycles. The molecule has 0 aliphatic heterocycles. The topological polar surface area (TPSA) is 78.3 Å². The third kappa shape index (κ3) is 3.95. The first kappa shape index (κ1) is 15.8. The van der Waals surface area contributed by atoms with Gasteiger partial charge in [-0.15, -0.1) is 11.3 Å². The minimum atomic E-state index is -0.436. The number of amides is 1. The summed E-state index contributed by atoms with van der Waals surface area (Å²) in [6, 6.07) is 8.03. The second-order valence-corrected chi connectivity index (χ2v) is 6.21. The van der Waals surface area contributed by atoms with E-state index < -0.39 is 5.91 Å². The Hall–Kier alpha value is -1.59. The fraction of sp³-hybridized carbons (Fsp3) is 0.438. The van der Waals surface area contributed by atoms with E-state index in [2.05, 4.69) is 6.92 Å². The van der Waals surface area contributed by atoms with Gasteiger partial charge in [0.1, 0.15) is 4.88 Å². The number of rotatable bonds is 8. The highest BCUT2D eigenvalue weighted by Crippen LogP contribution is 2.37. The minimum absolute atomic E-state index is 0.230. The van der Waals surface area contributed by atoms with Gasteiger partial charge in [-0.25, -0.2) is 0 Å². The fourth-order valence-corrected chi connectivity index (χ4v) is 3.36. The Morgan fingerprint density at radius 3 is 2.81 bits per heavy atom. The van der Waals surface area contributed by atoms with Crippen LogP contribution in [0.4, 0.5) is 0 Å². The molecule has 1 amide bonds. The molecule has 5 heteroatoms. The van der Waals surface area contributed by atoms with E-state index in [1.807, 2.05) is 24.3 Å². The summed E-state index contributed by atoms with van der Waals surface area (Å²) in [4.78, 5) is 12.0. The van der Waals surface area contributed by atoms with Gasteiger partial charge in [-0.1, -0.05) is 25.5 Å². The van der Waals surface area contributed by atoms with Crippen molar-refractivity contribution in [1.29, 1.82) is 0 Å². The molecule has 1 atom stereocenters. The van der Waals surface area contributed by atoms with Crippen molar-refractivity contribution in [3.05, 3.63) is 29.1 Å². The Morgan fingerprint density at radius 1 is 1.33 bits per heavy atom. The van der Waals surface area contributed by atoms with Gasteiger partial charge in [0.15, 0.2) is 5.75 Å². The summed E-state index contributed by atoms with van der Waals surface area (Å²) in [7, 11) is 0. The lowest BCUT2D eigenvalue weighted by atomic mass is 10.1. The molecule has 1 aromatic heterocycles. The largest absolute Gasteiger partial charge is 0.491 e. The predicted molar refractivity (Wildman–Crippen MR) is 88.0 cm³/mol. The summed E-state index contributed by atoms with van der Waals surface area (Å²) in [6.07, 6.45) is 3.95. The van der Waals surface area contributed by atoms with E-state index >= 15 is 0 Å². The van der Waals surface area contributed by atoms with E-state index in [0.29, 0.717) is 17.2 Å². The van der Waals surface area contributed by atoms with E-state index in [1.54, 1.807) is 0 Å². The summed E-state index contributed by atoms with van der Waals surface area (Å²) < 4.78 is 6.85. The van der Waals surface area contributed by atoms with Crippen LogP contribution >= 0.6 is 11.3 Å². The van der Waals surface area contributed by atoms with Gasteiger partial charge < -0.3 is 16.2 Å². The smallest absolute Gasteiger partial charge is 0.262 e. The maximum absolute atomic E-state index is 11.6. The molecule has 0 unspecified atom stereocenters. The third-order valence-corrected chi connectivity index (χ3v) is 4.57. The van der Waals surface area contributed by atoms with Crippen molar-refractivity contribution < 1.29 is 9.53 Å². The molecule has 4 nitrogen and oxygen atoms in total. The molecule has 2 aromatic rings. The molecular formula is C16H22N2O2S. The standard InChI is InChI=1S/C16H22N2O2S/c1-2-6-11(17)7-5-10-20-14-12-8-3-4-9-13(12)21-15(14)16(18)19/h3-4,8-9,11H,2,5-7,10,17H2,1H3,(H2,18,19)/t11-/m0/s1. The zero-order valence-electron chi connectivity index (χ0n) is 12.3. The summed E-state index contributed by atoms with van der Waals surface area (Å²) in [6.45, 7) is 2.69. The molecule has 0 saturated carbocycles. The van der Waals surface area contributed by atoms with E-state index in [-0.39, 0.29) is 6.04 Å². The van der Waals surface area contributed by atoms with E-state index in [4.69, 9.17) is 16.2 Å². The second-order valence-electron chi connectivity index (χ2n) is 5.16.